The molecule has 3 heterocycles. The van der Waals surface area contributed by atoms with Crippen LogP contribution in [0.4, 0.5) is 5.95 Å². The van der Waals surface area contributed by atoms with E-state index in [1.54, 1.807) is 7.11 Å². The molecule has 2 N–H and O–H groups in total. The van der Waals surface area contributed by atoms with Gasteiger partial charge in [-0.15, -0.1) is 0 Å². The first-order chi connectivity index (χ1) is 9.74. The highest BCUT2D eigenvalue weighted by molar-refractivity contribution is 5.78. The Morgan fingerprint density at radius 3 is 3.05 bits per heavy atom. The van der Waals surface area contributed by atoms with E-state index in [4.69, 9.17) is 10.5 Å². The van der Waals surface area contributed by atoms with Crippen LogP contribution in [0.1, 0.15) is 19.8 Å². The molecule has 0 amide bonds. The summed E-state index contributed by atoms with van der Waals surface area (Å²) in [5.74, 6) is 0.945. The number of methoxy groups -OCH3 is 1. The number of likely N-dealkylation sites (N-methyl/N-ethyl adjacent to an activating group) is 1. The van der Waals surface area contributed by atoms with Gasteiger partial charge in [0, 0.05) is 12.6 Å². The van der Waals surface area contributed by atoms with Crippen LogP contribution in [-0.4, -0.2) is 50.7 Å². The number of ether oxygens (including phenoxy) is 1. The fraction of sp³-hybridized carbons (Fsp3) is 0.615. The number of fused-ring (bicyclic) bond motifs is 1. The van der Waals surface area contributed by atoms with Crippen LogP contribution < -0.4 is 10.5 Å². The average Bonchev–Trinajstić information content (AvgIpc) is 3.04. The number of nitrogens with zero attached hydrogens (tertiary/aromatic N) is 5. The van der Waals surface area contributed by atoms with E-state index >= 15 is 0 Å². The predicted molar refractivity (Wildman–Crippen MR) is 76.6 cm³/mol. The van der Waals surface area contributed by atoms with Gasteiger partial charge < -0.3 is 10.5 Å². The van der Waals surface area contributed by atoms with Gasteiger partial charge in [-0.25, -0.2) is 9.97 Å². The summed E-state index contributed by atoms with van der Waals surface area (Å²) in [6.07, 6.45) is 3.92. The van der Waals surface area contributed by atoms with Gasteiger partial charge in [0.05, 0.1) is 7.11 Å². The zero-order valence-corrected chi connectivity index (χ0v) is 11.9. The Labute approximate surface area is 117 Å². The van der Waals surface area contributed by atoms with Crippen molar-refractivity contribution < 1.29 is 4.74 Å². The number of nitrogen functional groups attached to an aromatic ring is 1. The monoisotopic (exact) mass is 276 g/mol. The molecule has 0 bridgehead atoms. The molecule has 1 saturated heterocycles. The van der Waals surface area contributed by atoms with Gasteiger partial charge in [-0.1, -0.05) is 6.92 Å². The summed E-state index contributed by atoms with van der Waals surface area (Å²) < 4.78 is 7.19. The molecule has 0 radical (unpaired) electrons. The van der Waals surface area contributed by atoms with Crippen LogP contribution >= 0.6 is 0 Å². The molecule has 2 aromatic heterocycles. The lowest BCUT2D eigenvalue weighted by atomic mass is 10.2. The quantitative estimate of drug-likeness (QED) is 0.893. The lowest BCUT2D eigenvalue weighted by Gasteiger charge is -2.23. The molecule has 7 nitrogen and oxygen atoms in total. The fourth-order valence-corrected chi connectivity index (χ4v) is 2.99. The highest BCUT2D eigenvalue weighted by atomic mass is 16.5. The van der Waals surface area contributed by atoms with Gasteiger partial charge in [-0.2, -0.15) is 4.98 Å². The van der Waals surface area contributed by atoms with Gasteiger partial charge in [0.1, 0.15) is 6.33 Å². The Bertz CT molecular complexity index is 610. The van der Waals surface area contributed by atoms with Crippen molar-refractivity contribution in [2.75, 3.05) is 25.9 Å². The van der Waals surface area contributed by atoms with E-state index in [1.165, 1.54) is 19.2 Å². The van der Waals surface area contributed by atoms with E-state index in [2.05, 4.69) is 26.8 Å². The smallest absolute Gasteiger partial charge is 0.245 e. The minimum absolute atomic E-state index is 0.471. The van der Waals surface area contributed by atoms with E-state index < -0.39 is 0 Å². The predicted octanol–water partition coefficient (Wildman–Crippen LogP) is 0.901. The van der Waals surface area contributed by atoms with Crippen LogP contribution in [0.2, 0.25) is 0 Å². The van der Waals surface area contributed by atoms with Crippen molar-refractivity contribution in [1.82, 2.24) is 24.4 Å². The minimum Gasteiger partial charge on any atom is -0.479 e. The summed E-state index contributed by atoms with van der Waals surface area (Å²) in [6, 6.07) is 0.501. The minimum atomic E-state index is 0.471. The number of rotatable bonds is 4. The normalized spacial score (nSPS) is 19.8. The second kappa shape index (κ2) is 5.24. The first-order valence-electron chi connectivity index (χ1n) is 6.99. The third-order valence-corrected chi connectivity index (χ3v) is 4.02. The number of anilines is 1. The standard InChI is InChI=1S/C13H20N6O/c1-3-18-6-4-5-9(18)7-19-11-10(17-13(19)14)12(20-2)16-8-15-11/h8-9H,3-7H2,1-2H3,(H2,14,17). The van der Waals surface area contributed by atoms with Crippen molar-refractivity contribution >= 4 is 17.1 Å². The van der Waals surface area contributed by atoms with Crippen molar-refractivity contribution in [3.8, 4) is 5.88 Å². The molecule has 0 aromatic carbocycles. The van der Waals surface area contributed by atoms with E-state index in [0.29, 0.717) is 23.4 Å². The molecule has 2 aromatic rings. The zero-order chi connectivity index (χ0) is 14.1. The second-order valence-electron chi connectivity index (χ2n) is 5.06. The SMILES string of the molecule is CCN1CCCC1Cn1c(N)nc2c(OC)ncnc21. The number of nitrogens with two attached hydrogens (primary N) is 1. The molecule has 1 aliphatic rings. The Morgan fingerprint density at radius 2 is 2.30 bits per heavy atom. The van der Waals surface area contributed by atoms with Crippen molar-refractivity contribution in [1.29, 1.82) is 0 Å². The molecule has 0 spiro atoms. The average molecular weight is 276 g/mol. The highest BCUT2D eigenvalue weighted by Crippen LogP contribution is 2.25. The second-order valence-corrected chi connectivity index (χ2v) is 5.06. The number of imidazole rings is 1. The third-order valence-electron chi connectivity index (χ3n) is 4.02. The molecule has 1 fully saturated rings. The molecule has 0 saturated carbocycles. The Balaban J connectivity index is 1.97. The molecule has 1 aliphatic heterocycles. The Kier molecular flexibility index (Phi) is 3.43. The van der Waals surface area contributed by atoms with E-state index in [1.807, 2.05) is 4.57 Å². The van der Waals surface area contributed by atoms with Gasteiger partial charge in [0.25, 0.3) is 0 Å². The zero-order valence-electron chi connectivity index (χ0n) is 11.9. The Hall–Kier alpha value is -1.89. The maximum Gasteiger partial charge on any atom is 0.245 e. The van der Waals surface area contributed by atoms with Crippen molar-refractivity contribution in [2.45, 2.75) is 32.4 Å². The molecule has 1 unspecified atom stereocenters. The molecule has 1 atom stereocenters. The summed E-state index contributed by atoms with van der Waals surface area (Å²) in [4.78, 5) is 15.2. The molecule has 108 valence electrons. The first kappa shape index (κ1) is 13.1. The first-order valence-corrected chi connectivity index (χ1v) is 6.99. The maximum atomic E-state index is 6.05. The van der Waals surface area contributed by atoms with Crippen LogP contribution in [0, 0.1) is 0 Å². The third kappa shape index (κ3) is 2.07. The van der Waals surface area contributed by atoms with Gasteiger partial charge >= 0.3 is 0 Å². The van der Waals surface area contributed by atoms with Gasteiger partial charge in [0.2, 0.25) is 11.8 Å². The van der Waals surface area contributed by atoms with Gasteiger partial charge in [0.15, 0.2) is 11.2 Å². The summed E-state index contributed by atoms with van der Waals surface area (Å²) in [5.41, 5.74) is 7.43. The summed E-state index contributed by atoms with van der Waals surface area (Å²) >= 11 is 0. The van der Waals surface area contributed by atoms with Crippen LogP contribution in [0.15, 0.2) is 6.33 Å². The van der Waals surface area contributed by atoms with Crippen molar-refractivity contribution in [3.63, 3.8) is 0 Å². The maximum absolute atomic E-state index is 6.05. The van der Waals surface area contributed by atoms with Gasteiger partial charge in [-0.3, -0.25) is 9.47 Å². The molecule has 0 aliphatic carbocycles. The van der Waals surface area contributed by atoms with Crippen LogP contribution in [0.3, 0.4) is 0 Å². The van der Waals surface area contributed by atoms with E-state index in [-0.39, 0.29) is 0 Å². The van der Waals surface area contributed by atoms with E-state index in [9.17, 15) is 0 Å². The lowest BCUT2D eigenvalue weighted by Crippen LogP contribution is -2.33. The number of hydrogen-bond donors (Lipinski definition) is 1. The number of hydrogen-bond acceptors (Lipinski definition) is 6. The molecular formula is C13H20N6O. The number of likely N-dealkylation sites (tertiary alicyclic amines) is 1. The lowest BCUT2D eigenvalue weighted by molar-refractivity contribution is 0.246. The molecule has 20 heavy (non-hydrogen) atoms. The van der Waals surface area contributed by atoms with Crippen LogP contribution in [-0.2, 0) is 6.54 Å². The topological polar surface area (TPSA) is 82.1 Å². The van der Waals surface area contributed by atoms with Crippen molar-refractivity contribution in [2.24, 2.45) is 0 Å². The highest BCUT2D eigenvalue weighted by Gasteiger charge is 2.25. The van der Waals surface area contributed by atoms with Crippen LogP contribution in [0.5, 0.6) is 5.88 Å². The molecular weight excluding hydrogens is 256 g/mol. The Morgan fingerprint density at radius 1 is 1.45 bits per heavy atom. The van der Waals surface area contributed by atoms with Crippen LogP contribution in [0.25, 0.3) is 11.2 Å². The number of aromatic nitrogens is 4. The largest absolute Gasteiger partial charge is 0.479 e. The van der Waals surface area contributed by atoms with Gasteiger partial charge in [-0.05, 0) is 25.9 Å². The molecule has 7 heteroatoms. The van der Waals surface area contributed by atoms with E-state index in [0.717, 1.165) is 25.3 Å². The summed E-state index contributed by atoms with van der Waals surface area (Å²) in [6.45, 7) is 5.23. The molecule has 3 rings (SSSR count). The summed E-state index contributed by atoms with van der Waals surface area (Å²) in [5, 5.41) is 0. The fourth-order valence-electron chi connectivity index (χ4n) is 2.99. The van der Waals surface area contributed by atoms with Crippen molar-refractivity contribution in [3.05, 3.63) is 6.33 Å². The summed E-state index contributed by atoms with van der Waals surface area (Å²) in [7, 11) is 1.58.